The van der Waals surface area contributed by atoms with Crippen LogP contribution in [0, 0.1) is 0 Å². The zero-order valence-corrected chi connectivity index (χ0v) is 19.4. The second-order valence-electron chi connectivity index (χ2n) is 8.15. The van der Waals surface area contributed by atoms with Crippen molar-refractivity contribution in [2.45, 2.75) is 13.2 Å². The number of urea groups is 1. The summed E-state index contributed by atoms with van der Waals surface area (Å²) >= 11 is 5.99. The molecule has 0 saturated carbocycles. The summed E-state index contributed by atoms with van der Waals surface area (Å²) in [6.45, 7) is 2.34. The van der Waals surface area contributed by atoms with Gasteiger partial charge < -0.3 is 9.64 Å². The Hall–Kier alpha value is -3.83. The minimum absolute atomic E-state index is 0.0136. The normalized spacial score (nSPS) is 13.4. The van der Waals surface area contributed by atoms with Crippen molar-refractivity contribution in [3.8, 4) is 16.9 Å². The molecular weight excluding hydrogens is 446 g/mol. The first-order valence-corrected chi connectivity index (χ1v) is 11.6. The molecule has 170 valence electrons. The molecule has 0 unspecified atom stereocenters. The van der Waals surface area contributed by atoms with Gasteiger partial charge in [0.2, 0.25) is 0 Å². The Labute approximate surface area is 204 Å². The van der Waals surface area contributed by atoms with Crippen LogP contribution in [0.5, 0.6) is 5.75 Å². The van der Waals surface area contributed by atoms with Gasteiger partial charge in [-0.2, -0.15) is 0 Å². The lowest BCUT2D eigenvalue weighted by molar-refractivity contribution is 0.218. The molecule has 0 atom stereocenters. The van der Waals surface area contributed by atoms with E-state index < -0.39 is 0 Å². The number of nitrogens with zero attached hydrogens (tertiary/aromatic N) is 3. The maximum atomic E-state index is 13.0. The zero-order chi connectivity index (χ0) is 23.3. The van der Waals surface area contributed by atoms with Gasteiger partial charge in [-0.25, -0.2) is 4.79 Å². The van der Waals surface area contributed by atoms with Gasteiger partial charge in [0.05, 0.1) is 0 Å². The largest absolute Gasteiger partial charge is 0.489 e. The van der Waals surface area contributed by atoms with Crippen molar-refractivity contribution in [2.75, 3.05) is 18.0 Å². The van der Waals surface area contributed by atoms with E-state index >= 15 is 0 Å². The van der Waals surface area contributed by atoms with Crippen LogP contribution in [-0.2, 0) is 13.2 Å². The molecule has 1 aliphatic rings. The molecular formula is C28H24ClN3O2. The molecule has 0 spiro atoms. The number of ether oxygens (including phenoxy) is 1. The maximum Gasteiger partial charge on any atom is 0.324 e. The molecule has 5 nitrogen and oxygen atoms in total. The third-order valence-corrected chi connectivity index (χ3v) is 6.23. The second-order valence-corrected chi connectivity index (χ2v) is 8.59. The summed E-state index contributed by atoms with van der Waals surface area (Å²) in [6, 6.07) is 27.7. The van der Waals surface area contributed by atoms with E-state index in [-0.39, 0.29) is 6.03 Å². The predicted octanol–water partition coefficient (Wildman–Crippen LogP) is 6.42. The molecule has 3 aromatic carbocycles. The Morgan fingerprint density at radius 2 is 1.44 bits per heavy atom. The van der Waals surface area contributed by atoms with Crippen LogP contribution >= 0.6 is 11.6 Å². The van der Waals surface area contributed by atoms with Crippen LogP contribution in [0.25, 0.3) is 11.1 Å². The van der Waals surface area contributed by atoms with Crippen molar-refractivity contribution < 1.29 is 9.53 Å². The fourth-order valence-corrected chi connectivity index (χ4v) is 4.22. The van der Waals surface area contributed by atoms with Crippen LogP contribution in [0.3, 0.4) is 0 Å². The van der Waals surface area contributed by atoms with E-state index in [1.165, 1.54) is 0 Å². The summed E-state index contributed by atoms with van der Waals surface area (Å²) in [6.07, 6.45) is 3.42. The lowest BCUT2D eigenvalue weighted by Crippen LogP contribution is -2.31. The van der Waals surface area contributed by atoms with Gasteiger partial charge in [0, 0.05) is 42.7 Å². The van der Waals surface area contributed by atoms with Gasteiger partial charge in [-0.05, 0) is 58.7 Å². The van der Waals surface area contributed by atoms with Crippen molar-refractivity contribution in [3.63, 3.8) is 0 Å². The van der Waals surface area contributed by atoms with Crippen LogP contribution in [0.15, 0.2) is 97.3 Å². The fourth-order valence-electron chi connectivity index (χ4n) is 4.10. The van der Waals surface area contributed by atoms with E-state index in [1.807, 2.05) is 77.7 Å². The van der Waals surface area contributed by atoms with Gasteiger partial charge >= 0.3 is 6.03 Å². The molecule has 1 aliphatic heterocycles. The van der Waals surface area contributed by atoms with Gasteiger partial charge in [0.15, 0.2) is 0 Å². The summed E-state index contributed by atoms with van der Waals surface area (Å²) in [5, 5.41) is 0.725. The highest BCUT2D eigenvalue weighted by molar-refractivity contribution is 6.30. The molecule has 2 amide bonds. The third kappa shape index (κ3) is 4.90. The van der Waals surface area contributed by atoms with E-state index in [2.05, 4.69) is 17.1 Å². The molecule has 6 heteroatoms. The van der Waals surface area contributed by atoms with Crippen molar-refractivity contribution in [2.24, 2.45) is 0 Å². The van der Waals surface area contributed by atoms with Crippen molar-refractivity contribution in [1.29, 1.82) is 0 Å². The second kappa shape index (κ2) is 9.98. The molecule has 1 aromatic heterocycles. The first-order chi connectivity index (χ1) is 16.7. The topological polar surface area (TPSA) is 45.7 Å². The van der Waals surface area contributed by atoms with Crippen LogP contribution in [0.1, 0.15) is 11.1 Å². The van der Waals surface area contributed by atoms with Crippen molar-refractivity contribution in [3.05, 3.63) is 113 Å². The summed E-state index contributed by atoms with van der Waals surface area (Å²) in [5.41, 5.74) is 5.25. The molecule has 0 radical (unpaired) electrons. The molecule has 0 bridgehead atoms. The highest BCUT2D eigenvalue weighted by Crippen LogP contribution is 2.26. The third-order valence-electron chi connectivity index (χ3n) is 5.98. The molecule has 4 aromatic rings. The van der Waals surface area contributed by atoms with Crippen LogP contribution in [0.2, 0.25) is 5.02 Å². The van der Waals surface area contributed by atoms with E-state index in [0.717, 1.165) is 38.7 Å². The summed E-state index contributed by atoms with van der Waals surface area (Å²) in [5.74, 6) is 0.800. The van der Waals surface area contributed by atoms with Crippen molar-refractivity contribution >= 4 is 23.3 Å². The Kier molecular flexibility index (Phi) is 6.45. The van der Waals surface area contributed by atoms with Crippen LogP contribution < -0.4 is 9.64 Å². The number of halogens is 1. The molecule has 5 rings (SSSR count). The average Bonchev–Trinajstić information content (AvgIpc) is 3.24. The van der Waals surface area contributed by atoms with Gasteiger partial charge in [-0.1, -0.05) is 60.1 Å². The molecule has 1 saturated heterocycles. The quantitative estimate of drug-likeness (QED) is 0.313. The Bertz CT molecular complexity index is 1260. The minimum Gasteiger partial charge on any atom is -0.489 e. The Balaban J connectivity index is 1.23. The zero-order valence-electron chi connectivity index (χ0n) is 18.6. The summed E-state index contributed by atoms with van der Waals surface area (Å²) in [7, 11) is 0. The molecule has 0 N–H and O–H groups in total. The highest BCUT2D eigenvalue weighted by atomic mass is 35.5. The van der Waals surface area contributed by atoms with E-state index in [9.17, 15) is 4.79 Å². The van der Waals surface area contributed by atoms with Gasteiger partial charge in [-0.3, -0.25) is 9.88 Å². The van der Waals surface area contributed by atoms with Gasteiger partial charge in [0.25, 0.3) is 0 Å². The number of aromatic nitrogens is 1. The fraction of sp³-hybridized carbons (Fsp3) is 0.143. The maximum absolute atomic E-state index is 13.0. The lowest BCUT2D eigenvalue weighted by atomic mass is 10.1. The first kappa shape index (κ1) is 22.0. The average molecular weight is 470 g/mol. The number of hydrogen-bond acceptors (Lipinski definition) is 3. The number of hydrogen-bond donors (Lipinski definition) is 0. The number of amides is 2. The minimum atomic E-state index is 0.0136. The highest BCUT2D eigenvalue weighted by Gasteiger charge is 2.29. The van der Waals surface area contributed by atoms with E-state index in [4.69, 9.17) is 16.3 Å². The van der Waals surface area contributed by atoms with Crippen LogP contribution in [0.4, 0.5) is 10.5 Å². The Morgan fingerprint density at radius 3 is 2.15 bits per heavy atom. The number of pyridine rings is 1. The number of benzene rings is 3. The number of carbonyl (C=O) groups is 1. The number of carbonyl (C=O) groups excluding carboxylic acids is 1. The number of rotatable bonds is 7. The smallest absolute Gasteiger partial charge is 0.324 e. The molecule has 1 fully saturated rings. The van der Waals surface area contributed by atoms with Gasteiger partial charge in [0.1, 0.15) is 12.4 Å². The monoisotopic (exact) mass is 469 g/mol. The Morgan fingerprint density at radius 1 is 0.794 bits per heavy atom. The van der Waals surface area contributed by atoms with E-state index in [0.29, 0.717) is 26.2 Å². The van der Waals surface area contributed by atoms with Crippen molar-refractivity contribution in [1.82, 2.24) is 9.88 Å². The molecule has 2 heterocycles. The predicted molar refractivity (Wildman–Crippen MR) is 135 cm³/mol. The van der Waals surface area contributed by atoms with Gasteiger partial charge in [-0.15, -0.1) is 0 Å². The first-order valence-electron chi connectivity index (χ1n) is 11.2. The van der Waals surface area contributed by atoms with Crippen LogP contribution in [-0.4, -0.2) is 29.0 Å². The number of anilines is 1. The summed E-state index contributed by atoms with van der Waals surface area (Å²) in [4.78, 5) is 20.7. The van der Waals surface area contributed by atoms with E-state index in [1.54, 1.807) is 17.3 Å². The lowest BCUT2D eigenvalue weighted by Gasteiger charge is -2.20. The molecule has 34 heavy (non-hydrogen) atoms. The summed E-state index contributed by atoms with van der Waals surface area (Å²) < 4.78 is 6.08. The SMILES string of the molecule is O=C1N(Cc2ccccc2COc2ccc(-c3ccc(Cl)cc3)cc2)CCN1c1ccncc1. The standard InChI is InChI=1S/C28H24ClN3O2/c29-25-9-5-21(6-10-25)22-7-11-27(12-8-22)34-20-24-4-2-1-3-23(24)19-31-17-18-32(28(31)33)26-13-15-30-16-14-26/h1-16H,17-20H2. The molecule has 0 aliphatic carbocycles.